The monoisotopic (exact) mass is 335 g/mol. The zero-order chi connectivity index (χ0) is 16.9. The van der Waals surface area contributed by atoms with Gasteiger partial charge in [-0.05, 0) is 56.9 Å². The molecular weight excluding hydrogens is 302 g/mol. The van der Waals surface area contributed by atoms with Crippen molar-refractivity contribution < 1.29 is 9.59 Å². The van der Waals surface area contributed by atoms with Crippen molar-refractivity contribution in [3.63, 3.8) is 0 Å². The summed E-state index contributed by atoms with van der Waals surface area (Å²) in [5, 5.41) is 5.56. The fourth-order valence-corrected chi connectivity index (χ4v) is 5.01. The van der Waals surface area contributed by atoms with Gasteiger partial charge in [-0.2, -0.15) is 0 Å². The van der Waals surface area contributed by atoms with Crippen LogP contribution in [0, 0.1) is 11.8 Å². The Morgan fingerprint density at radius 3 is 2.50 bits per heavy atom. The van der Waals surface area contributed by atoms with E-state index in [4.69, 9.17) is 0 Å². The number of carbonyl (C=O) groups is 2. The predicted molar refractivity (Wildman–Crippen MR) is 94.6 cm³/mol. The van der Waals surface area contributed by atoms with Crippen LogP contribution in [0.5, 0.6) is 0 Å². The lowest BCUT2D eigenvalue weighted by Gasteiger charge is -2.43. The number of hydrogen-bond acceptors (Lipinski definition) is 3. The van der Waals surface area contributed by atoms with Crippen molar-refractivity contribution in [2.75, 3.05) is 13.1 Å². The molecule has 5 nitrogen and oxygen atoms in total. The van der Waals surface area contributed by atoms with Gasteiger partial charge in [-0.1, -0.05) is 32.6 Å². The molecule has 1 saturated heterocycles. The quantitative estimate of drug-likeness (QED) is 0.833. The minimum atomic E-state index is -0.309. The highest BCUT2D eigenvalue weighted by Gasteiger charge is 2.34. The Labute approximate surface area is 145 Å². The van der Waals surface area contributed by atoms with Gasteiger partial charge in [-0.15, -0.1) is 0 Å². The summed E-state index contributed by atoms with van der Waals surface area (Å²) in [6.45, 7) is 3.55. The van der Waals surface area contributed by atoms with E-state index in [1.807, 2.05) is 0 Å². The maximum atomic E-state index is 12.3. The summed E-state index contributed by atoms with van der Waals surface area (Å²) in [5.74, 6) is 1.11. The van der Waals surface area contributed by atoms with Gasteiger partial charge < -0.3 is 5.32 Å². The molecule has 0 aromatic heterocycles. The van der Waals surface area contributed by atoms with Crippen LogP contribution in [0.4, 0.5) is 4.79 Å². The molecule has 4 unspecified atom stereocenters. The van der Waals surface area contributed by atoms with Crippen LogP contribution in [0.25, 0.3) is 0 Å². The highest BCUT2D eigenvalue weighted by Crippen LogP contribution is 2.34. The molecule has 0 aromatic rings. The molecule has 2 aliphatic carbocycles. The largest absolute Gasteiger partial charge is 0.335 e. The van der Waals surface area contributed by atoms with E-state index in [1.165, 1.54) is 51.4 Å². The fourth-order valence-electron chi connectivity index (χ4n) is 5.01. The maximum Gasteiger partial charge on any atom is 0.321 e. The molecule has 4 atom stereocenters. The molecule has 5 heteroatoms. The number of imide groups is 1. The third kappa shape index (κ3) is 4.50. The maximum absolute atomic E-state index is 12.3. The molecule has 3 amide bonds. The molecule has 2 N–H and O–H groups in total. The number of piperidine rings is 1. The number of carbonyl (C=O) groups excluding carboxylic acids is 2. The topological polar surface area (TPSA) is 61.4 Å². The van der Waals surface area contributed by atoms with E-state index in [9.17, 15) is 9.59 Å². The van der Waals surface area contributed by atoms with Gasteiger partial charge in [0.15, 0.2) is 0 Å². The minimum absolute atomic E-state index is 0.151. The zero-order valence-electron chi connectivity index (χ0n) is 15.1. The van der Waals surface area contributed by atoms with E-state index in [1.54, 1.807) is 0 Å². The first-order valence-electron chi connectivity index (χ1n) is 9.98. The Morgan fingerprint density at radius 1 is 0.958 bits per heavy atom. The van der Waals surface area contributed by atoms with E-state index >= 15 is 0 Å². The molecule has 0 aromatic carbocycles. The van der Waals surface area contributed by atoms with Crippen molar-refractivity contribution in [1.82, 2.24) is 15.5 Å². The van der Waals surface area contributed by atoms with Gasteiger partial charge >= 0.3 is 6.03 Å². The number of urea groups is 1. The van der Waals surface area contributed by atoms with Crippen molar-refractivity contribution in [2.24, 2.45) is 11.8 Å². The molecular formula is C19H33N3O2. The molecule has 136 valence electrons. The van der Waals surface area contributed by atoms with E-state index < -0.39 is 0 Å². The Kier molecular flexibility index (Phi) is 6.14. The summed E-state index contributed by atoms with van der Waals surface area (Å²) in [6, 6.07) is 0.458. The van der Waals surface area contributed by atoms with Crippen LogP contribution in [0.3, 0.4) is 0 Å². The van der Waals surface area contributed by atoms with Crippen molar-refractivity contribution >= 4 is 11.9 Å². The highest BCUT2D eigenvalue weighted by molar-refractivity contribution is 5.95. The number of nitrogens with one attached hydrogen (secondary N) is 2. The van der Waals surface area contributed by atoms with Gasteiger partial charge in [0, 0.05) is 12.1 Å². The molecule has 1 heterocycles. The standard InChI is InChI=1S/C19H33N3O2/c1-14-7-2-4-10-16(14)20-19(24)21-18(23)13-22-12-6-9-15-8-3-5-11-17(15)22/h14-17H,2-13H2,1H3,(H2,20,21,23,24). The molecule has 24 heavy (non-hydrogen) atoms. The second kappa shape index (κ2) is 8.32. The number of rotatable bonds is 3. The summed E-state index contributed by atoms with van der Waals surface area (Å²) >= 11 is 0. The summed E-state index contributed by atoms with van der Waals surface area (Å²) in [5.41, 5.74) is 0. The lowest BCUT2D eigenvalue weighted by molar-refractivity contribution is -0.122. The van der Waals surface area contributed by atoms with Gasteiger partial charge in [0.25, 0.3) is 0 Å². The first-order valence-corrected chi connectivity index (χ1v) is 9.98. The van der Waals surface area contributed by atoms with E-state index in [0.29, 0.717) is 18.5 Å². The molecule has 3 aliphatic rings. The summed E-state index contributed by atoms with van der Waals surface area (Å²) in [6.07, 6.45) is 12.2. The van der Waals surface area contributed by atoms with Gasteiger partial charge in [-0.25, -0.2) is 4.79 Å². The van der Waals surface area contributed by atoms with Crippen molar-refractivity contribution in [3.8, 4) is 0 Å². The molecule has 0 bridgehead atoms. The third-order valence-electron chi connectivity index (χ3n) is 6.39. The van der Waals surface area contributed by atoms with Crippen LogP contribution in [-0.2, 0) is 4.79 Å². The molecule has 1 aliphatic heterocycles. The average Bonchev–Trinajstić information content (AvgIpc) is 2.57. The summed E-state index contributed by atoms with van der Waals surface area (Å²) < 4.78 is 0. The molecule has 0 radical (unpaired) electrons. The lowest BCUT2D eigenvalue weighted by atomic mass is 9.78. The Hall–Kier alpha value is -1.10. The normalized spacial score (nSPS) is 34.2. The van der Waals surface area contributed by atoms with Crippen LogP contribution in [0.15, 0.2) is 0 Å². The van der Waals surface area contributed by atoms with Crippen molar-refractivity contribution in [3.05, 3.63) is 0 Å². The molecule has 2 saturated carbocycles. The fraction of sp³-hybridized carbons (Fsp3) is 0.895. The van der Waals surface area contributed by atoms with Crippen LogP contribution >= 0.6 is 0 Å². The van der Waals surface area contributed by atoms with Crippen LogP contribution < -0.4 is 10.6 Å². The highest BCUT2D eigenvalue weighted by atomic mass is 16.2. The average molecular weight is 335 g/mol. The molecule has 3 fully saturated rings. The third-order valence-corrected chi connectivity index (χ3v) is 6.39. The van der Waals surface area contributed by atoms with Crippen LogP contribution in [0.2, 0.25) is 0 Å². The SMILES string of the molecule is CC1CCCCC1NC(=O)NC(=O)CN1CCCC2CCCCC21. The Balaban J connectivity index is 1.45. The first kappa shape index (κ1) is 17.7. The first-order chi connectivity index (χ1) is 11.6. The second-order valence-electron chi connectivity index (χ2n) is 8.11. The molecule has 3 rings (SSSR count). The smallest absolute Gasteiger partial charge is 0.321 e. The summed E-state index contributed by atoms with van der Waals surface area (Å²) in [7, 11) is 0. The van der Waals surface area contributed by atoms with E-state index in [0.717, 1.165) is 25.3 Å². The zero-order valence-corrected chi connectivity index (χ0v) is 15.1. The van der Waals surface area contributed by atoms with Gasteiger partial charge in [-0.3, -0.25) is 15.0 Å². The minimum Gasteiger partial charge on any atom is -0.335 e. The summed E-state index contributed by atoms with van der Waals surface area (Å²) in [4.78, 5) is 26.8. The van der Waals surface area contributed by atoms with E-state index in [2.05, 4.69) is 22.5 Å². The number of amides is 3. The van der Waals surface area contributed by atoms with Crippen molar-refractivity contribution in [1.29, 1.82) is 0 Å². The van der Waals surface area contributed by atoms with Crippen molar-refractivity contribution in [2.45, 2.75) is 83.2 Å². The number of hydrogen-bond donors (Lipinski definition) is 2. The van der Waals surface area contributed by atoms with E-state index in [-0.39, 0.29) is 18.0 Å². The Bertz CT molecular complexity index is 452. The Morgan fingerprint density at radius 2 is 1.67 bits per heavy atom. The lowest BCUT2D eigenvalue weighted by Crippen LogP contribution is -2.53. The predicted octanol–water partition coefficient (Wildman–Crippen LogP) is 3.05. The van der Waals surface area contributed by atoms with Gasteiger partial charge in [0.1, 0.15) is 0 Å². The van der Waals surface area contributed by atoms with Crippen LogP contribution in [-0.4, -0.2) is 42.0 Å². The van der Waals surface area contributed by atoms with Gasteiger partial charge in [0.2, 0.25) is 5.91 Å². The second-order valence-corrected chi connectivity index (χ2v) is 8.11. The molecule has 0 spiro atoms. The van der Waals surface area contributed by atoms with Gasteiger partial charge in [0.05, 0.1) is 6.54 Å². The van der Waals surface area contributed by atoms with Crippen LogP contribution in [0.1, 0.15) is 71.1 Å². The number of nitrogens with zero attached hydrogens (tertiary/aromatic N) is 1. The number of likely N-dealkylation sites (tertiary alicyclic amines) is 1. The number of fused-ring (bicyclic) bond motifs is 1.